The zero-order valence-electron chi connectivity index (χ0n) is 17.5. The maximum Gasteiger partial charge on any atom is 0.191 e. The van der Waals surface area contributed by atoms with Gasteiger partial charge in [0.1, 0.15) is 11.3 Å². The quantitative estimate of drug-likeness (QED) is 0.441. The summed E-state index contributed by atoms with van der Waals surface area (Å²) in [6.45, 7) is 11.5. The number of rotatable bonds is 10. The van der Waals surface area contributed by atoms with Gasteiger partial charge < -0.3 is 10.2 Å². The van der Waals surface area contributed by atoms with Gasteiger partial charge in [0, 0.05) is 12.8 Å². The van der Waals surface area contributed by atoms with E-state index in [4.69, 9.17) is 0 Å². The van der Waals surface area contributed by atoms with Crippen molar-refractivity contribution in [3.8, 4) is 0 Å². The molecule has 5 heteroatoms. The number of carbonyl (C=O) groups is 3. The van der Waals surface area contributed by atoms with Crippen molar-refractivity contribution in [1.82, 2.24) is 0 Å². The summed E-state index contributed by atoms with van der Waals surface area (Å²) >= 11 is 0. The second kappa shape index (κ2) is 9.45. The van der Waals surface area contributed by atoms with Gasteiger partial charge in [-0.3, -0.25) is 14.4 Å². The maximum absolute atomic E-state index is 12.9. The van der Waals surface area contributed by atoms with E-state index in [1.807, 2.05) is 41.5 Å². The Labute approximate surface area is 162 Å². The molecule has 5 nitrogen and oxygen atoms in total. The van der Waals surface area contributed by atoms with E-state index >= 15 is 0 Å². The van der Waals surface area contributed by atoms with E-state index in [9.17, 15) is 24.6 Å². The topological polar surface area (TPSA) is 91.7 Å². The monoisotopic (exact) mass is 378 g/mol. The van der Waals surface area contributed by atoms with Crippen LogP contribution in [-0.4, -0.2) is 33.2 Å². The lowest BCUT2D eigenvalue weighted by molar-refractivity contribution is -0.144. The minimum atomic E-state index is -2.30. The molecule has 1 aliphatic rings. The second-order valence-electron chi connectivity index (χ2n) is 8.64. The Morgan fingerprint density at radius 1 is 1.11 bits per heavy atom. The average Bonchev–Trinajstić information content (AvgIpc) is 2.75. The van der Waals surface area contributed by atoms with Gasteiger partial charge in [0.25, 0.3) is 0 Å². The van der Waals surface area contributed by atoms with Crippen molar-refractivity contribution in [2.24, 2.45) is 17.8 Å². The molecule has 27 heavy (non-hydrogen) atoms. The van der Waals surface area contributed by atoms with E-state index in [1.165, 1.54) is 0 Å². The first-order valence-corrected chi connectivity index (χ1v) is 9.83. The van der Waals surface area contributed by atoms with E-state index < -0.39 is 34.6 Å². The molecule has 1 unspecified atom stereocenters. The molecule has 0 saturated carbocycles. The third kappa shape index (κ3) is 5.38. The Morgan fingerprint density at radius 2 is 1.67 bits per heavy atom. The number of hydrogen-bond donors (Lipinski definition) is 2. The van der Waals surface area contributed by atoms with Gasteiger partial charge in [-0.1, -0.05) is 45.8 Å². The summed E-state index contributed by atoms with van der Waals surface area (Å²) in [4.78, 5) is 38.2. The first-order valence-electron chi connectivity index (χ1n) is 9.83. The largest absolute Gasteiger partial charge is 0.508 e. The van der Waals surface area contributed by atoms with Crippen LogP contribution in [0.5, 0.6) is 0 Å². The standard InChI is InChI=1S/C22H34O5/c1-13(2)7-10-16-20(25)19(17(23)11-8-14(3)4)21(26)22(16,27)18(24)12-9-15(5)6/h9,13-14,16,26-27H,7-8,10-12H2,1-6H3/t16-,22?/m1/s1. The molecule has 1 aliphatic carbocycles. The van der Waals surface area contributed by atoms with Crippen molar-refractivity contribution in [2.45, 2.75) is 79.2 Å². The first kappa shape index (κ1) is 23.3. The fourth-order valence-corrected chi connectivity index (χ4v) is 3.27. The summed E-state index contributed by atoms with van der Waals surface area (Å²) < 4.78 is 0. The highest BCUT2D eigenvalue weighted by Gasteiger charge is 2.58. The number of allylic oxidation sites excluding steroid dienone is 3. The molecule has 0 fully saturated rings. The van der Waals surface area contributed by atoms with Crippen LogP contribution < -0.4 is 0 Å². The average molecular weight is 379 g/mol. The van der Waals surface area contributed by atoms with Gasteiger partial charge >= 0.3 is 0 Å². The maximum atomic E-state index is 12.9. The smallest absolute Gasteiger partial charge is 0.191 e. The van der Waals surface area contributed by atoms with Crippen molar-refractivity contribution >= 4 is 17.3 Å². The zero-order valence-corrected chi connectivity index (χ0v) is 17.5. The number of aliphatic hydroxyl groups is 2. The molecule has 0 aromatic carbocycles. The van der Waals surface area contributed by atoms with E-state index in [-0.39, 0.29) is 36.7 Å². The van der Waals surface area contributed by atoms with Crippen LogP contribution in [0.15, 0.2) is 23.0 Å². The van der Waals surface area contributed by atoms with Gasteiger partial charge in [-0.2, -0.15) is 0 Å². The molecule has 0 spiro atoms. The van der Waals surface area contributed by atoms with Gasteiger partial charge in [-0.15, -0.1) is 0 Å². The van der Waals surface area contributed by atoms with Crippen molar-refractivity contribution in [3.05, 3.63) is 23.0 Å². The number of Topliss-reactive ketones (excluding diaryl/α,β-unsaturated/α-hetero) is 3. The normalized spacial score (nSPS) is 22.7. The third-order valence-electron chi connectivity index (χ3n) is 5.05. The molecule has 0 amide bonds. The van der Waals surface area contributed by atoms with Crippen molar-refractivity contribution < 1.29 is 24.6 Å². The molecule has 0 radical (unpaired) electrons. The molecule has 2 N–H and O–H groups in total. The molecular formula is C22H34O5. The summed E-state index contributed by atoms with van der Waals surface area (Å²) in [7, 11) is 0. The Bertz CT molecular complexity index is 650. The minimum Gasteiger partial charge on any atom is -0.508 e. The van der Waals surface area contributed by atoms with Crippen molar-refractivity contribution in [1.29, 1.82) is 0 Å². The Hall–Kier alpha value is -1.75. The summed E-state index contributed by atoms with van der Waals surface area (Å²) in [5.41, 5.74) is -1.79. The summed E-state index contributed by atoms with van der Waals surface area (Å²) in [5, 5.41) is 21.8. The van der Waals surface area contributed by atoms with Crippen LogP contribution >= 0.6 is 0 Å². The molecule has 0 aromatic rings. The molecule has 0 bridgehead atoms. The summed E-state index contributed by atoms with van der Waals surface area (Å²) in [5.74, 6) is -3.06. The van der Waals surface area contributed by atoms with Crippen LogP contribution in [0.3, 0.4) is 0 Å². The SMILES string of the molecule is CC(C)=CCC(=O)C1(O)C(O)=C(C(=O)CCC(C)C)C(=O)[C@H]1CCC(C)C. The number of hydrogen-bond acceptors (Lipinski definition) is 5. The molecular weight excluding hydrogens is 344 g/mol. The Morgan fingerprint density at radius 3 is 2.15 bits per heavy atom. The van der Waals surface area contributed by atoms with Gasteiger partial charge in [-0.25, -0.2) is 0 Å². The Balaban J connectivity index is 3.28. The zero-order chi connectivity index (χ0) is 20.9. The third-order valence-corrected chi connectivity index (χ3v) is 5.05. The molecule has 1 rings (SSSR count). The van der Waals surface area contributed by atoms with Gasteiger partial charge in [-0.05, 0) is 38.5 Å². The van der Waals surface area contributed by atoms with Crippen LogP contribution in [0.25, 0.3) is 0 Å². The van der Waals surface area contributed by atoms with E-state index in [2.05, 4.69) is 0 Å². The van der Waals surface area contributed by atoms with Gasteiger partial charge in [0.2, 0.25) is 0 Å². The molecule has 2 atom stereocenters. The van der Waals surface area contributed by atoms with Crippen LogP contribution in [0.1, 0.15) is 73.6 Å². The van der Waals surface area contributed by atoms with Crippen LogP contribution in [0.2, 0.25) is 0 Å². The molecule has 152 valence electrons. The number of ketones is 3. The van der Waals surface area contributed by atoms with E-state index in [0.29, 0.717) is 12.8 Å². The second-order valence-corrected chi connectivity index (χ2v) is 8.64. The predicted molar refractivity (Wildman–Crippen MR) is 105 cm³/mol. The lowest BCUT2D eigenvalue weighted by atomic mass is 9.79. The fraction of sp³-hybridized carbons (Fsp3) is 0.682. The van der Waals surface area contributed by atoms with Crippen LogP contribution in [0.4, 0.5) is 0 Å². The predicted octanol–water partition coefficient (Wildman–Crippen LogP) is 4.10. The lowest BCUT2D eigenvalue weighted by Gasteiger charge is -2.28. The van der Waals surface area contributed by atoms with E-state index in [1.54, 1.807) is 6.08 Å². The summed E-state index contributed by atoms with van der Waals surface area (Å²) in [6.07, 6.45) is 3.09. The Kier molecular flexibility index (Phi) is 8.15. The molecule has 0 saturated heterocycles. The van der Waals surface area contributed by atoms with E-state index in [0.717, 1.165) is 5.57 Å². The highest BCUT2D eigenvalue weighted by Crippen LogP contribution is 2.42. The van der Waals surface area contributed by atoms with Crippen molar-refractivity contribution in [2.75, 3.05) is 0 Å². The molecule has 0 aromatic heterocycles. The van der Waals surface area contributed by atoms with Gasteiger partial charge in [0.15, 0.2) is 23.0 Å². The van der Waals surface area contributed by atoms with Crippen LogP contribution in [-0.2, 0) is 14.4 Å². The summed E-state index contributed by atoms with van der Waals surface area (Å²) in [6, 6.07) is 0. The molecule has 0 aliphatic heterocycles. The number of carbonyl (C=O) groups excluding carboxylic acids is 3. The fourth-order valence-electron chi connectivity index (χ4n) is 3.27. The van der Waals surface area contributed by atoms with Crippen molar-refractivity contribution in [3.63, 3.8) is 0 Å². The van der Waals surface area contributed by atoms with Crippen LogP contribution in [0, 0.1) is 17.8 Å². The number of aliphatic hydroxyl groups excluding tert-OH is 1. The first-order chi connectivity index (χ1) is 12.4. The van der Waals surface area contributed by atoms with Gasteiger partial charge in [0.05, 0.1) is 5.92 Å². The highest BCUT2D eigenvalue weighted by atomic mass is 16.3. The highest BCUT2D eigenvalue weighted by molar-refractivity contribution is 6.25. The minimum absolute atomic E-state index is 0.0954. The molecule has 0 heterocycles. The lowest BCUT2D eigenvalue weighted by Crippen LogP contribution is -2.46.